The van der Waals surface area contributed by atoms with E-state index in [0.29, 0.717) is 10.6 Å². The number of carbonyl (C=O) groups is 1. The van der Waals surface area contributed by atoms with Crippen LogP contribution in [0.3, 0.4) is 0 Å². The first-order valence-electron chi connectivity index (χ1n) is 5.11. The third-order valence-electron chi connectivity index (χ3n) is 2.42. The van der Waals surface area contributed by atoms with Gasteiger partial charge in [0.05, 0.1) is 12.1 Å². The molecule has 5 nitrogen and oxygen atoms in total. The van der Waals surface area contributed by atoms with Crippen molar-refractivity contribution < 1.29 is 19.2 Å². The number of esters is 1. The summed E-state index contributed by atoms with van der Waals surface area (Å²) in [6, 6.07) is 6.89. The molecule has 0 fully saturated rings. The SMILES string of the molecule is COC(=O)c1c(-c2ccccc2Cl)noc1CO. The number of nitrogens with zero attached hydrogens (tertiary/aromatic N) is 1. The molecule has 1 aromatic carbocycles. The first-order chi connectivity index (χ1) is 8.69. The summed E-state index contributed by atoms with van der Waals surface area (Å²) in [5, 5.41) is 13.3. The smallest absolute Gasteiger partial charge is 0.343 e. The monoisotopic (exact) mass is 267 g/mol. The summed E-state index contributed by atoms with van der Waals surface area (Å²) in [4.78, 5) is 11.7. The normalized spacial score (nSPS) is 10.4. The molecule has 0 saturated heterocycles. The minimum absolute atomic E-state index is 0.0526. The largest absolute Gasteiger partial charge is 0.465 e. The number of aliphatic hydroxyl groups is 1. The van der Waals surface area contributed by atoms with E-state index in [2.05, 4.69) is 9.89 Å². The van der Waals surface area contributed by atoms with Gasteiger partial charge in [-0.05, 0) is 6.07 Å². The van der Waals surface area contributed by atoms with E-state index >= 15 is 0 Å². The van der Waals surface area contributed by atoms with Gasteiger partial charge in [0, 0.05) is 5.56 Å². The van der Waals surface area contributed by atoms with Crippen LogP contribution < -0.4 is 0 Å². The second-order valence-electron chi connectivity index (χ2n) is 3.46. The Balaban J connectivity index is 2.62. The molecule has 0 atom stereocenters. The number of hydrogen-bond donors (Lipinski definition) is 1. The van der Waals surface area contributed by atoms with Gasteiger partial charge < -0.3 is 14.4 Å². The highest BCUT2D eigenvalue weighted by Crippen LogP contribution is 2.31. The minimum Gasteiger partial charge on any atom is -0.465 e. The van der Waals surface area contributed by atoms with Gasteiger partial charge in [-0.25, -0.2) is 4.79 Å². The molecule has 0 aliphatic rings. The number of halogens is 1. The lowest BCUT2D eigenvalue weighted by Crippen LogP contribution is -2.05. The van der Waals surface area contributed by atoms with Gasteiger partial charge in [0.15, 0.2) is 5.76 Å². The Morgan fingerprint density at radius 2 is 2.22 bits per heavy atom. The summed E-state index contributed by atoms with van der Waals surface area (Å²) in [6.07, 6.45) is 0. The number of ether oxygens (including phenoxy) is 1. The molecule has 0 saturated carbocycles. The predicted octanol–water partition coefficient (Wildman–Crippen LogP) is 2.27. The Hall–Kier alpha value is -1.85. The molecule has 2 rings (SSSR count). The Morgan fingerprint density at radius 3 is 2.83 bits per heavy atom. The molecule has 1 heterocycles. The molecule has 2 aromatic rings. The zero-order valence-corrected chi connectivity index (χ0v) is 10.3. The van der Waals surface area contributed by atoms with Gasteiger partial charge in [-0.2, -0.15) is 0 Å². The zero-order valence-electron chi connectivity index (χ0n) is 9.51. The highest BCUT2D eigenvalue weighted by Gasteiger charge is 2.25. The summed E-state index contributed by atoms with van der Waals surface area (Å²) in [6.45, 7) is -0.443. The topological polar surface area (TPSA) is 72.6 Å². The lowest BCUT2D eigenvalue weighted by Gasteiger charge is -2.02. The Morgan fingerprint density at radius 1 is 1.50 bits per heavy atom. The van der Waals surface area contributed by atoms with E-state index in [1.54, 1.807) is 24.3 Å². The van der Waals surface area contributed by atoms with E-state index in [4.69, 9.17) is 21.2 Å². The third kappa shape index (κ3) is 2.10. The first kappa shape index (κ1) is 12.6. The molecule has 0 amide bonds. The van der Waals surface area contributed by atoms with E-state index in [-0.39, 0.29) is 17.0 Å². The van der Waals surface area contributed by atoms with Crippen molar-refractivity contribution in [1.82, 2.24) is 5.16 Å². The third-order valence-corrected chi connectivity index (χ3v) is 2.75. The molecule has 0 unspecified atom stereocenters. The number of hydrogen-bond acceptors (Lipinski definition) is 5. The quantitative estimate of drug-likeness (QED) is 0.864. The molecule has 0 spiro atoms. The van der Waals surface area contributed by atoms with Crippen molar-refractivity contribution in [3.05, 3.63) is 40.6 Å². The second kappa shape index (κ2) is 5.20. The number of methoxy groups -OCH3 is 1. The van der Waals surface area contributed by atoms with Crippen molar-refractivity contribution in [3.8, 4) is 11.3 Å². The minimum atomic E-state index is -0.629. The number of aliphatic hydroxyl groups excluding tert-OH is 1. The van der Waals surface area contributed by atoms with E-state index in [9.17, 15) is 4.79 Å². The average molecular weight is 268 g/mol. The van der Waals surface area contributed by atoms with E-state index < -0.39 is 12.6 Å². The lowest BCUT2D eigenvalue weighted by atomic mass is 10.1. The van der Waals surface area contributed by atoms with Crippen LogP contribution in [0.5, 0.6) is 0 Å². The molecule has 0 aliphatic heterocycles. The van der Waals surface area contributed by atoms with Crippen LogP contribution in [0.2, 0.25) is 5.02 Å². The second-order valence-corrected chi connectivity index (χ2v) is 3.87. The van der Waals surface area contributed by atoms with Gasteiger partial charge in [0.2, 0.25) is 0 Å². The van der Waals surface area contributed by atoms with Crippen molar-refractivity contribution in [1.29, 1.82) is 0 Å². The molecular weight excluding hydrogens is 258 g/mol. The molecule has 94 valence electrons. The molecule has 0 bridgehead atoms. The number of aromatic nitrogens is 1. The van der Waals surface area contributed by atoms with Crippen LogP contribution in [-0.2, 0) is 11.3 Å². The Labute approximate surface area is 108 Å². The van der Waals surface area contributed by atoms with Crippen LogP contribution in [0.15, 0.2) is 28.8 Å². The van der Waals surface area contributed by atoms with Gasteiger partial charge in [-0.3, -0.25) is 0 Å². The van der Waals surface area contributed by atoms with E-state index in [1.165, 1.54) is 7.11 Å². The Kier molecular flexibility index (Phi) is 3.64. The molecule has 1 N–H and O–H groups in total. The van der Waals surface area contributed by atoms with Gasteiger partial charge in [0.25, 0.3) is 0 Å². The molecule has 1 aromatic heterocycles. The molecule has 0 radical (unpaired) electrons. The summed E-state index contributed by atoms with van der Waals surface area (Å²) in [5.41, 5.74) is 0.896. The van der Waals surface area contributed by atoms with Crippen LogP contribution in [0, 0.1) is 0 Å². The van der Waals surface area contributed by atoms with E-state index in [0.717, 1.165) is 0 Å². The van der Waals surface area contributed by atoms with Gasteiger partial charge in [0.1, 0.15) is 17.9 Å². The number of rotatable bonds is 3. The summed E-state index contributed by atoms with van der Waals surface area (Å²) in [5.74, 6) is -0.577. The van der Waals surface area contributed by atoms with Crippen LogP contribution in [0.4, 0.5) is 0 Å². The van der Waals surface area contributed by atoms with Gasteiger partial charge in [-0.1, -0.05) is 35.0 Å². The standard InChI is InChI=1S/C12H10ClNO4/c1-17-12(16)10-9(6-15)18-14-11(10)7-4-2-3-5-8(7)13/h2-5,15H,6H2,1H3. The van der Waals surface area contributed by atoms with Gasteiger partial charge >= 0.3 is 5.97 Å². The Bertz CT molecular complexity index is 579. The number of benzene rings is 1. The maximum Gasteiger partial charge on any atom is 0.343 e. The summed E-state index contributed by atoms with van der Waals surface area (Å²) in [7, 11) is 1.24. The van der Waals surface area contributed by atoms with Crippen LogP contribution in [-0.4, -0.2) is 23.3 Å². The maximum atomic E-state index is 11.7. The highest BCUT2D eigenvalue weighted by atomic mass is 35.5. The zero-order chi connectivity index (χ0) is 13.1. The molecule has 0 aliphatic carbocycles. The fraction of sp³-hybridized carbons (Fsp3) is 0.167. The fourth-order valence-corrected chi connectivity index (χ4v) is 1.81. The maximum absolute atomic E-state index is 11.7. The van der Waals surface area contributed by atoms with Crippen LogP contribution in [0.25, 0.3) is 11.3 Å². The van der Waals surface area contributed by atoms with Crippen molar-refractivity contribution in [2.24, 2.45) is 0 Å². The van der Waals surface area contributed by atoms with Crippen LogP contribution >= 0.6 is 11.6 Å². The first-order valence-corrected chi connectivity index (χ1v) is 5.49. The van der Waals surface area contributed by atoms with Gasteiger partial charge in [-0.15, -0.1) is 0 Å². The van der Waals surface area contributed by atoms with Crippen molar-refractivity contribution in [3.63, 3.8) is 0 Å². The summed E-state index contributed by atoms with van der Waals surface area (Å²) < 4.78 is 9.56. The average Bonchev–Trinajstić information content (AvgIpc) is 2.82. The molecular formula is C12H10ClNO4. The number of carbonyl (C=O) groups excluding carboxylic acids is 1. The van der Waals surface area contributed by atoms with E-state index in [1.807, 2.05) is 0 Å². The lowest BCUT2D eigenvalue weighted by molar-refractivity contribution is 0.0595. The predicted molar refractivity (Wildman–Crippen MR) is 64.2 cm³/mol. The molecule has 6 heteroatoms. The summed E-state index contributed by atoms with van der Waals surface area (Å²) >= 11 is 6.03. The van der Waals surface area contributed by atoms with Crippen molar-refractivity contribution in [2.45, 2.75) is 6.61 Å². The fourth-order valence-electron chi connectivity index (χ4n) is 1.58. The van der Waals surface area contributed by atoms with Crippen molar-refractivity contribution in [2.75, 3.05) is 7.11 Å². The highest BCUT2D eigenvalue weighted by molar-refractivity contribution is 6.33. The van der Waals surface area contributed by atoms with Crippen molar-refractivity contribution >= 4 is 17.6 Å². The molecule has 18 heavy (non-hydrogen) atoms. The van der Waals surface area contributed by atoms with Crippen LogP contribution in [0.1, 0.15) is 16.1 Å².